The minimum Gasteiger partial charge on any atom is -0.399 e. The van der Waals surface area contributed by atoms with E-state index in [1.807, 2.05) is 0 Å². The zero-order valence-electron chi connectivity index (χ0n) is 22.1. The molecule has 0 saturated heterocycles. The van der Waals surface area contributed by atoms with Gasteiger partial charge in [-0.25, -0.2) is 0 Å². The minimum atomic E-state index is -1.67. The molecular weight excluding hydrogens is 511 g/mol. The van der Waals surface area contributed by atoms with Crippen LogP contribution < -0.4 is 4.52 Å². The summed E-state index contributed by atoms with van der Waals surface area (Å²) in [6.07, 6.45) is 4.48. The van der Waals surface area contributed by atoms with Gasteiger partial charge in [-0.15, -0.1) is 0 Å². The summed E-state index contributed by atoms with van der Waals surface area (Å²) in [7, 11) is -1.67. The molecule has 6 aromatic carbocycles. The SMILES string of the molecule is c1ccc2c([C@@H]3CCCC[C@H]3Op3oc4ccc5ccccc5c4c4c(ccc5ccccc54)o3)cccc2c1. The molecule has 2 atom stereocenters. The van der Waals surface area contributed by atoms with Gasteiger partial charge in [-0.05, 0) is 62.9 Å². The Morgan fingerprint density at radius 3 is 1.70 bits per heavy atom. The average Bonchev–Trinajstić information content (AvgIpc) is 3.18. The number of rotatable bonds is 3. The van der Waals surface area contributed by atoms with Crippen LogP contribution in [0.5, 0.6) is 0 Å². The highest BCUT2D eigenvalue weighted by atomic mass is 31.1. The first kappa shape index (κ1) is 23.8. The van der Waals surface area contributed by atoms with Crippen molar-refractivity contribution < 1.29 is 12.9 Å². The molecule has 40 heavy (non-hydrogen) atoms. The molecule has 0 radical (unpaired) electrons. The van der Waals surface area contributed by atoms with E-state index in [0.717, 1.165) is 52.0 Å². The smallest absolute Gasteiger partial charge is 0.387 e. The predicted molar refractivity (Wildman–Crippen MR) is 167 cm³/mol. The summed E-state index contributed by atoms with van der Waals surface area (Å²) < 4.78 is 20.3. The first-order chi connectivity index (χ1) is 19.8. The number of hydrogen-bond donors (Lipinski definition) is 0. The lowest BCUT2D eigenvalue weighted by molar-refractivity contribution is 0.173. The normalized spacial score (nSPS) is 17.7. The molecule has 0 bridgehead atoms. The van der Waals surface area contributed by atoms with Crippen molar-refractivity contribution >= 4 is 62.5 Å². The van der Waals surface area contributed by atoms with Crippen molar-refractivity contribution in [1.29, 1.82) is 0 Å². The van der Waals surface area contributed by atoms with E-state index in [4.69, 9.17) is 12.9 Å². The van der Waals surface area contributed by atoms with Crippen molar-refractivity contribution in [3.63, 3.8) is 0 Å². The van der Waals surface area contributed by atoms with Gasteiger partial charge in [0.2, 0.25) is 0 Å². The van der Waals surface area contributed by atoms with E-state index in [2.05, 4.69) is 115 Å². The van der Waals surface area contributed by atoms with Gasteiger partial charge in [0.25, 0.3) is 0 Å². The Balaban J connectivity index is 1.34. The Bertz CT molecular complexity index is 1970. The third-order valence-corrected chi connectivity index (χ3v) is 9.66. The Kier molecular flexibility index (Phi) is 5.87. The molecule has 1 aliphatic carbocycles. The Morgan fingerprint density at radius 1 is 0.525 bits per heavy atom. The molecule has 1 saturated carbocycles. The second-order valence-electron chi connectivity index (χ2n) is 10.8. The quantitative estimate of drug-likeness (QED) is 0.224. The van der Waals surface area contributed by atoms with E-state index in [0.29, 0.717) is 5.92 Å². The molecule has 0 N–H and O–H groups in total. The molecule has 0 spiro atoms. The lowest BCUT2D eigenvalue weighted by Gasteiger charge is -2.31. The van der Waals surface area contributed by atoms with E-state index in [1.165, 1.54) is 33.5 Å². The van der Waals surface area contributed by atoms with Crippen LogP contribution in [0.25, 0.3) is 54.3 Å². The molecule has 0 amide bonds. The molecule has 0 aliphatic heterocycles. The fraction of sp³-hybridized carbons (Fsp3) is 0.167. The summed E-state index contributed by atoms with van der Waals surface area (Å²) in [4.78, 5) is 0. The maximum Gasteiger partial charge on any atom is 0.387 e. The summed E-state index contributed by atoms with van der Waals surface area (Å²) in [5, 5.41) is 9.42. The number of hydrogen-bond acceptors (Lipinski definition) is 3. The third kappa shape index (κ3) is 4.01. The second-order valence-corrected chi connectivity index (χ2v) is 11.9. The molecular formula is C36H29O3P. The van der Waals surface area contributed by atoms with E-state index >= 15 is 0 Å². The van der Waals surface area contributed by atoms with Gasteiger partial charge < -0.3 is 8.39 Å². The van der Waals surface area contributed by atoms with Crippen LogP contribution in [-0.2, 0) is 0 Å². The molecule has 1 fully saturated rings. The van der Waals surface area contributed by atoms with Gasteiger partial charge in [0, 0.05) is 16.7 Å². The van der Waals surface area contributed by atoms with Gasteiger partial charge in [0.1, 0.15) is 11.2 Å². The van der Waals surface area contributed by atoms with E-state index in [-0.39, 0.29) is 6.10 Å². The summed E-state index contributed by atoms with van der Waals surface area (Å²) in [5.41, 5.74) is 3.00. The maximum atomic E-state index is 6.89. The summed E-state index contributed by atoms with van der Waals surface area (Å²) in [6.45, 7) is 0. The fourth-order valence-corrected chi connectivity index (χ4v) is 7.88. The zero-order valence-corrected chi connectivity index (χ0v) is 23.0. The fourth-order valence-electron chi connectivity index (χ4n) is 6.66. The Morgan fingerprint density at radius 2 is 1.05 bits per heavy atom. The molecule has 3 nitrogen and oxygen atoms in total. The molecule has 4 heteroatoms. The molecule has 196 valence electrons. The van der Waals surface area contributed by atoms with Crippen LogP contribution in [0.1, 0.15) is 37.2 Å². The Labute approximate surface area is 233 Å². The molecule has 8 rings (SSSR count). The van der Waals surface area contributed by atoms with Crippen LogP contribution in [0.3, 0.4) is 0 Å². The number of fused-ring (bicyclic) bond motifs is 8. The standard InChI is InChI=1S/C36H29O3P/c1-4-14-27-24(10-1)13-9-18-30(27)31-17-7-8-19-32(31)37-40-38-33-22-20-25-11-2-5-15-28(25)35(33)36-29-16-6-3-12-26(29)21-23-34(36)39-40/h1-6,9-16,18,20-23,31-32H,7-8,17,19H2/t31-,32+/m0/s1. The van der Waals surface area contributed by atoms with Gasteiger partial charge in [-0.3, -0.25) is 4.52 Å². The average molecular weight is 541 g/mol. The van der Waals surface area contributed by atoms with Crippen LogP contribution in [0.15, 0.2) is 124 Å². The number of benzene rings is 6. The lowest BCUT2D eigenvalue weighted by Crippen LogP contribution is -2.28. The van der Waals surface area contributed by atoms with Gasteiger partial charge in [0.05, 0.1) is 6.10 Å². The molecule has 7 aromatic rings. The third-order valence-electron chi connectivity index (χ3n) is 8.52. The molecule has 1 heterocycles. The van der Waals surface area contributed by atoms with Crippen LogP contribution in [0.4, 0.5) is 0 Å². The highest BCUT2D eigenvalue weighted by Gasteiger charge is 2.30. The molecule has 1 aliphatic rings. The van der Waals surface area contributed by atoms with Crippen LogP contribution >= 0.6 is 8.24 Å². The van der Waals surface area contributed by atoms with Crippen molar-refractivity contribution in [2.75, 3.05) is 0 Å². The molecule has 0 unspecified atom stereocenters. The summed E-state index contributed by atoms with van der Waals surface area (Å²) in [6, 6.07) is 40.8. The van der Waals surface area contributed by atoms with E-state index in [9.17, 15) is 0 Å². The van der Waals surface area contributed by atoms with Crippen molar-refractivity contribution in [1.82, 2.24) is 0 Å². The zero-order chi connectivity index (χ0) is 26.5. The Hall–Kier alpha value is -4.04. The van der Waals surface area contributed by atoms with Gasteiger partial charge in [-0.1, -0.05) is 116 Å². The topological polar surface area (TPSA) is 35.5 Å². The highest BCUT2D eigenvalue weighted by molar-refractivity contribution is 7.31. The van der Waals surface area contributed by atoms with Gasteiger partial charge in [0.15, 0.2) is 0 Å². The first-order valence-electron chi connectivity index (χ1n) is 14.2. The van der Waals surface area contributed by atoms with Crippen molar-refractivity contribution in [3.05, 3.63) is 121 Å². The van der Waals surface area contributed by atoms with Crippen LogP contribution in [-0.4, -0.2) is 6.10 Å². The second kappa shape index (κ2) is 9.86. The largest absolute Gasteiger partial charge is 0.399 e. The predicted octanol–water partition coefficient (Wildman–Crippen LogP) is 10.9. The van der Waals surface area contributed by atoms with E-state index in [1.54, 1.807) is 0 Å². The summed E-state index contributed by atoms with van der Waals surface area (Å²) >= 11 is 0. The van der Waals surface area contributed by atoms with E-state index < -0.39 is 8.24 Å². The van der Waals surface area contributed by atoms with Crippen molar-refractivity contribution in [3.8, 4) is 0 Å². The van der Waals surface area contributed by atoms with Crippen molar-refractivity contribution in [2.24, 2.45) is 0 Å². The lowest BCUT2D eigenvalue weighted by atomic mass is 9.80. The monoisotopic (exact) mass is 540 g/mol. The van der Waals surface area contributed by atoms with Crippen molar-refractivity contribution in [2.45, 2.75) is 37.7 Å². The van der Waals surface area contributed by atoms with Gasteiger partial charge in [-0.2, -0.15) is 0 Å². The maximum absolute atomic E-state index is 6.89. The van der Waals surface area contributed by atoms with Crippen LogP contribution in [0.2, 0.25) is 0 Å². The first-order valence-corrected chi connectivity index (χ1v) is 15.3. The molecule has 1 aromatic heterocycles. The highest BCUT2D eigenvalue weighted by Crippen LogP contribution is 2.44. The van der Waals surface area contributed by atoms with Crippen LogP contribution in [0, 0.1) is 0 Å². The minimum absolute atomic E-state index is 0.0246. The van der Waals surface area contributed by atoms with Gasteiger partial charge >= 0.3 is 8.24 Å². The summed E-state index contributed by atoms with van der Waals surface area (Å²) in [5.74, 6) is 0.296.